The van der Waals surface area contributed by atoms with Gasteiger partial charge in [0.25, 0.3) is 0 Å². The van der Waals surface area contributed by atoms with E-state index >= 15 is 0 Å². The molecule has 1 rings (SSSR count). The van der Waals surface area contributed by atoms with Crippen LogP contribution >= 0.6 is 11.8 Å². The molecule has 1 fully saturated rings. The Morgan fingerprint density at radius 2 is 1.94 bits per heavy atom. The normalized spacial score (nSPS) is 30.6. The van der Waals surface area contributed by atoms with E-state index in [4.69, 9.17) is 0 Å². The Hall–Kier alpha value is 0.310. The molecular weight excluding hydrogens is 214 g/mol. The zero-order chi connectivity index (χ0) is 11.8. The van der Waals surface area contributed by atoms with Gasteiger partial charge in [0.15, 0.2) is 0 Å². The lowest BCUT2D eigenvalue weighted by Crippen LogP contribution is -2.43. The Morgan fingerprint density at radius 1 is 1.12 bits per heavy atom. The molecule has 0 aliphatic heterocycles. The summed E-state index contributed by atoms with van der Waals surface area (Å²) in [6.07, 6.45) is 8.25. The van der Waals surface area contributed by atoms with Crippen LogP contribution < -0.4 is 5.32 Å². The average Bonchev–Trinajstić information content (AvgIpc) is 2.34. The molecule has 0 aromatic heterocycles. The molecule has 1 saturated carbocycles. The third-order valence-corrected chi connectivity index (χ3v) is 5.26. The summed E-state index contributed by atoms with van der Waals surface area (Å²) in [4.78, 5) is 0. The highest BCUT2D eigenvalue weighted by Gasteiger charge is 2.29. The van der Waals surface area contributed by atoms with Gasteiger partial charge in [-0.1, -0.05) is 27.2 Å². The maximum absolute atomic E-state index is 3.75. The molecular formula is C14H29NS. The molecule has 96 valence electrons. The average molecular weight is 243 g/mol. The van der Waals surface area contributed by atoms with Gasteiger partial charge < -0.3 is 5.32 Å². The molecule has 1 aliphatic carbocycles. The lowest BCUT2D eigenvalue weighted by Gasteiger charge is -2.36. The fraction of sp³-hybridized carbons (Fsp3) is 1.00. The topological polar surface area (TPSA) is 12.0 Å². The van der Waals surface area contributed by atoms with Crippen LogP contribution in [0.5, 0.6) is 0 Å². The molecule has 0 amide bonds. The van der Waals surface area contributed by atoms with E-state index in [1.54, 1.807) is 0 Å². The molecule has 0 radical (unpaired) electrons. The van der Waals surface area contributed by atoms with Crippen molar-refractivity contribution in [3.63, 3.8) is 0 Å². The van der Waals surface area contributed by atoms with Gasteiger partial charge in [-0.05, 0) is 50.3 Å². The number of thioether (sulfide) groups is 1. The first-order valence-corrected chi connectivity index (χ1v) is 8.21. The fourth-order valence-electron chi connectivity index (χ4n) is 2.60. The molecule has 1 nitrogen and oxygen atoms in total. The van der Waals surface area contributed by atoms with Crippen molar-refractivity contribution in [1.82, 2.24) is 5.32 Å². The molecule has 3 atom stereocenters. The molecule has 1 N–H and O–H groups in total. The van der Waals surface area contributed by atoms with Gasteiger partial charge in [0, 0.05) is 11.3 Å². The number of nitrogens with one attached hydrogen (secondary N) is 1. The van der Waals surface area contributed by atoms with E-state index in [2.05, 4.69) is 37.8 Å². The monoisotopic (exact) mass is 243 g/mol. The second kappa shape index (κ2) is 8.41. The molecule has 3 unspecified atom stereocenters. The summed E-state index contributed by atoms with van der Waals surface area (Å²) in [6.45, 7) is 8.11. The molecule has 0 bridgehead atoms. The minimum atomic E-state index is 0.791. The summed E-state index contributed by atoms with van der Waals surface area (Å²) in [7, 11) is 0. The number of rotatable bonds is 7. The predicted molar refractivity (Wildman–Crippen MR) is 76.3 cm³/mol. The van der Waals surface area contributed by atoms with Gasteiger partial charge in [0.05, 0.1) is 0 Å². The van der Waals surface area contributed by atoms with Gasteiger partial charge in [-0.3, -0.25) is 0 Å². The van der Waals surface area contributed by atoms with Crippen LogP contribution in [0.1, 0.15) is 59.3 Å². The maximum Gasteiger partial charge on any atom is 0.0203 e. The van der Waals surface area contributed by atoms with Gasteiger partial charge in [0.2, 0.25) is 0 Å². The Balaban J connectivity index is 2.39. The first-order chi connectivity index (χ1) is 7.81. The van der Waals surface area contributed by atoms with Crippen molar-refractivity contribution in [2.24, 2.45) is 5.92 Å². The summed E-state index contributed by atoms with van der Waals surface area (Å²) in [5, 5.41) is 4.63. The predicted octanol–water partition coefficient (Wildman–Crippen LogP) is 4.08. The summed E-state index contributed by atoms with van der Waals surface area (Å²) >= 11 is 2.21. The van der Waals surface area contributed by atoms with E-state index in [1.165, 1.54) is 50.8 Å². The summed E-state index contributed by atoms with van der Waals surface area (Å²) in [5.41, 5.74) is 0. The van der Waals surface area contributed by atoms with Gasteiger partial charge in [-0.2, -0.15) is 11.8 Å². The van der Waals surface area contributed by atoms with Crippen LogP contribution in [0.4, 0.5) is 0 Å². The van der Waals surface area contributed by atoms with Crippen LogP contribution in [0.2, 0.25) is 0 Å². The first kappa shape index (κ1) is 14.4. The summed E-state index contributed by atoms with van der Waals surface area (Å²) in [6, 6.07) is 0.791. The molecule has 0 aromatic rings. The third kappa shape index (κ3) is 4.67. The second-order valence-corrected chi connectivity index (χ2v) is 6.40. The largest absolute Gasteiger partial charge is 0.313 e. The summed E-state index contributed by atoms with van der Waals surface area (Å²) in [5.74, 6) is 2.33. The number of hydrogen-bond donors (Lipinski definition) is 1. The molecule has 0 heterocycles. The first-order valence-electron chi connectivity index (χ1n) is 7.16. The molecule has 0 aromatic carbocycles. The Labute approximate surface area is 106 Å². The van der Waals surface area contributed by atoms with E-state index in [1.807, 2.05) is 0 Å². The van der Waals surface area contributed by atoms with Gasteiger partial charge >= 0.3 is 0 Å². The van der Waals surface area contributed by atoms with Crippen molar-refractivity contribution in [1.29, 1.82) is 0 Å². The van der Waals surface area contributed by atoms with E-state index in [0.717, 1.165) is 17.2 Å². The van der Waals surface area contributed by atoms with Crippen LogP contribution in [0, 0.1) is 5.92 Å². The zero-order valence-electron chi connectivity index (χ0n) is 11.3. The second-order valence-electron chi connectivity index (χ2n) is 5.06. The molecule has 2 heteroatoms. The van der Waals surface area contributed by atoms with Crippen molar-refractivity contribution >= 4 is 11.8 Å². The number of hydrogen-bond acceptors (Lipinski definition) is 2. The highest BCUT2D eigenvalue weighted by molar-refractivity contribution is 7.99. The van der Waals surface area contributed by atoms with Gasteiger partial charge in [-0.25, -0.2) is 0 Å². The zero-order valence-corrected chi connectivity index (χ0v) is 12.1. The van der Waals surface area contributed by atoms with Crippen LogP contribution in [0.25, 0.3) is 0 Å². The van der Waals surface area contributed by atoms with Gasteiger partial charge in [-0.15, -0.1) is 0 Å². The molecule has 1 aliphatic rings. The molecule has 0 spiro atoms. The van der Waals surface area contributed by atoms with Crippen LogP contribution in [0.15, 0.2) is 0 Å². The van der Waals surface area contributed by atoms with E-state index in [0.29, 0.717) is 0 Å². The van der Waals surface area contributed by atoms with E-state index in [-0.39, 0.29) is 0 Å². The highest BCUT2D eigenvalue weighted by Crippen LogP contribution is 2.34. The van der Waals surface area contributed by atoms with Crippen LogP contribution in [-0.2, 0) is 0 Å². The lowest BCUT2D eigenvalue weighted by molar-refractivity contribution is 0.295. The van der Waals surface area contributed by atoms with Crippen LogP contribution in [0.3, 0.4) is 0 Å². The van der Waals surface area contributed by atoms with Crippen molar-refractivity contribution in [2.45, 2.75) is 70.6 Å². The minimum Gasteiger partial charge on any atom is -0.313 e. The van der Waals surface area contributed by atoms with E-state index < -0.39 is 0 Å². The van der Waals surface area contributed by atoms with E-state index in [9.17, 15) is 0 Å². The molecule has 0 saturated heterocycles. The Morgan fingerprint density at radius 3 is 2.56 bits per heavy atom. The minimum absolute atomic E-state index is 0.791. The third-order valence-electron chi connectivity index (χ3n) is 3.67. The fourth-order valence-corrected chi connectivity index (χ4v) is 4.01. The summed E-state index contributed by atoms with van der Waals surface area (Å²) < 4.78 is 0. The van der Waals surface area contributed by atoms with Crippen molar-refractivity contribution in [2.75, 3.05) is 12.3 Å². The maximum atomic E-state index is 3.75. The van der Waals surface area contributed by atoms with Crippen molar-refractivity contribution in [3.05, 3.63) is 0 Å². The van der Waals surface area contributed by atoms with Crippen molar-refractivity contribution < 1.29 is 0 Å². The van der Waals surface area contributed by atoms with Crippen molar-refractivity contribution in [3.8, 4) is 0 Å². The Kier molecular flexibility index (Phi) is 7.55. The highest BCUT2D eigenvalue weighted by atomic mass is 32.2. The van der Waals surface area contributed by atoms with Gasteiger partial charge in [0.1, 0.15) is 0 Å². The standard InChI is InChI=1S/C14H29NS/c1-4-9-15-13-8-7-12(6-3)11-14(13)16-10-5-2/h12-15H,4-11H2,1-3H3. The lowest BCUT2D eigenvalue weighted by atomic mass is 9.84. The Bertz CT molecular complexity index is 172. The molecule has 16 heavy (non-hydrogen) atoms. The van der Waals surface area contributed by atoms with Crippen LogP contribution in [-0.4, -0.2) is 23.6 Å². The SMILES string of the molecule is CCCNC1CCC(CC)CC1SCCC. The smallest absolute Gasteiger partial charge is 0.0203 e. The quantitative estimate of drug-likeness (QED) is 0.723.